The minimum absolute atomic E-state index is 0.156. The number of rotatable bonds is 6. The van der Waals surface area contributed by atoms with Gasteiger partial charge in [0.15, 0.2) is 0 Å². The van der Waals surface area contributed by atoms with Gasteiger partial charge in [-0.3, -0.25) is 9.59 Å². The van der Waals surface area contributed by atoms with Gasteiger partial charge in [0.05, 0.1) is 12.0 Å². The highest BCUT2D eigenvalue weighted by atomic mass is 32.1. The van der Waals surface area contributed by atoms with Gasteiger partial charge in [0.2, 0.25) is 0 Å². The van der Waals surface area contributed by atoms with E-state index in [4.69, 9.17) is 4.74 Å². The monoisotopic (exact) mass is 366 g/mol. The summed E-state index contributed by atoms with van der Waals surface area (Å²) in [6, 6.07) is 17.9. The molecule has 0 spiro atoms. The van der Waals surface area contributed by atoms with Crippen molar-refractivity contribution in [3.63, 3.8) is 0 Å². The van der Waals surface area contributed by atoms with Crippen LogP contribution >= 0.6 is 11.3 Å². The van der Waals surface area contributed by atoms with Crippen molar-refractivity contribution in [2.45, 2.75) is 6.54 Å². The second-order valence-corrected chi connectivity index (χ2v) is 6.49. The van der Waals surface area contributed by atoms with E-state index in [1.54, 1.807) is 37.4 Å². The van der Waals surface area contributed by atoms with Crippen molar-refractivity contribution in [2.75, 3.05) is 12.4 Å². The Labute approximate surface area is 155 Å². The van der Waals surface area contributed by atoms with Gasteiger partial charge < -0.3 is 15.4 Å². The normalized spacial score (nSPS) is 10.2. The van der Waals surface area contributed by atoms with Crippen molar-refractivity contribution in [3.05, 3.63) is 82.0 Å². The lowest BCUT2D eigenvalue weighted by Crippen LogP contribution is -2.22. The molecule has 0 atom stereocenters. The predicted octanol–water partition coefficient (Wildman–Crippen LogP) is 3.94. The maximum atomic E-state index is 12.2. The van der Waals surface area contributed by atoms with E-state index in [0.717, 1.165) is 11.3 Å². The summed E-state index contributed by atoms with van der Waals surface area (Å²) in [6.07, 6.45) is 0. The molecule has 3 aromatic rings. The lowest BCUT2D eigenvalue weighted by molar-refractivity contribution is 0.0950. The third-order valence-corrected chi connectivity index (χ3v) is 4.63. The molecule has 0 aliphatic rings. The molecule has 6 heteroatoms. The van der Waals surface area contributed by atoms with Crippen LogP contribution in [0.4, 0.5) is 5.69 Å². The first-order chi connectivity index (χ1) is 12.7. The Hall–Kier alpha value is -3.12. The Bertz CT molecular complexity index is 872. The van der Waals surface area contributed by atoms with E-state index in [9.17, 15) is 9.59 Å². The Kier molecular flexibility index (Phi) is 5.66. The molecule has 2 amide bonds. The van der Waals surface area contributed by atoms with Crippen molar-refractivity contribution in [3.8, 4) is 5.75 Å². The Morgan fingerprint density at radius 3 is 2.31 bits per heavy atom. The molecule has 0 unspecified atom stereocenters. The molecule has 0 radical (unpaired) electrons. The van der Waals surface area contributed by atoms with Gasteiger partial charge in [-0.2, -0.15) is 0 Å². The molecule has 0 bridgehead atoms. The number of anilines is 1. The van der Waals surface area contributed by atoms with E-state index in [-0.39, 0.29) is 11.8 Å². The summed E-state index contributed by atoms with van der Waals surface area (Å²) >= 11 is 1.38. The molecule has 5 nitrogen and oxygen atoms in total. The van der Waals surface area contributed by atoms with Crippen LogP contribution in [0.5, 0.6) is 5.75 Å². The van der Waals surface area contributed by atoms with Crippen LogP contribution in [0.2, 0.25) is 0 Å². The smallest absolute Gasteiger partial charge is 0.265 e. The Morgan fingerprint density at radius 1 is 0.962 bits per heavy atom. The summed E-state index contributed by atoms with van der Waals surface area (Å²) in [4.78, 5) is 24.9. The van der Waals surface area contributed by atoms with E-state index in [2.05, 4.69) is 10.6 Å². The molecule has 0 saturated heterocycles. The highest BCUT2D eigenvalue weighted by Crippen LogP contribution is 2.15. The Morgan fingerprint density at radius 2 is 1.69 bits per heavy atom. The van der Waals surface area contributed by atoms with Gasteiger partial charge in [0.1, 0.15) is 5.75 Å². The molecule has 1 heterocycles. The predicted molar refractivity (Wildman–Crippen MR) is 103 cm³/mol. The van der Waals surface area contributed by atoms with Crippen molar-refractivity contribution in [2.24, 2.45) is 0 Å². The van der Waals surface area contributed by atoms with Gasteiger partial charge >= 0.3 is 0 Å². The summed E-state index contributed by atoms with van der Waals surface area (Å²) in [5.74, 6) is 0.453. The fourth-order valence-electron chi connectivity index (χ4n) is 2.33. The molecular weight excluding hydrogens is 348 g/mol. The second-order valence-electron chi connectivity index (χ2n) is 5.54. The minimum Gasteiger partial charge on any atom is -0.497 e. The number of thiophene rings is 1. The van der Waals surface area contributed by atoms with Crippen LogP contribution in [-0.4, -0.2) is 18.9 Å². The number of methoxy groups -OCH3 is 1. The highest BCUT2D eigenvalue weighted by Gasteiger charge is 2.09. The van der Waals surface area contributed by atoms with Gasteiger partial charge in [0, 0.05) is 17.8 Å². The zero-order chi connectivity index (χ0) is 18.4. The van der Waals surface area contributed by atoms with E-state index in [1.807, 2.05) is 35.7 Å². The average molecular weight is 366 g/mol. The summed E-state index contributed by atoms with van der Waals surface area (Å²) in [7, 11) is 1.61. The molecule has 3 rings (SSSR count). The van der Waals surface area contributed by atoms with E-state index in [1.165, 1.54) is 11.3 Å². The van der Waals surface area contributed by atoms with Crippen LogP contribution in [0, 0.1) is 0 Å². The molecule has 1 aromatic heterocycles. The lowest BCUT2D eigenvalue weighted by Gasteiger charge is -2.08. The number of carbonyl (C=O) groups is 2. The van der Waals surface area contributed by atoms with Crippen LogP contribution in [0.1, 0.15) is 25.6 Å². The molecule has 0 saturated carbocycles. The standard InChI is InChI=1S/C20H18N2O3S/c1-25-17-10-4-14(5-11-17)13-21-19(23)15-6-8-16(9-7-15)22-20(24)18-3-2-12-26-18/h2-12H,13H2,1H3,(H,21,23)(H,22,24). The SMILES string of the molecule is COc1ccc(CNC(=O)c2ccc(NC(=O)c3cccs3)cc2)cc1. The van der Waals surface area contributed by atoms with Gasteiger partial charge in [-0.15, -0.1) is 11.3 Å². The third-order valence-electron chi connectivity index (χ3n) is 3.76. The number of hydrogen-bond acceptors (Lipinski definition) is 4. The second kappa shape index (κ2) is 8.31. The molecule has 132 valence electrons. The molecule has 2 aromatic carbocycles. The first-order valence-electron chi connectivity index (χ1n) is 8.02. The fraction of sp³-hybridized carbons (Fsp3) is 0.100. The van der Waals surface area contributed by atoms with E-state index >= 15 is 0 Å². The molecule has 2 N–H and O–H groups in total. The average Bonchev–Trinajstić information content (AvgIpc) is 3.22. The summed E-state index contributed by atoms with van der Waals surface area (Å²) in [5, 5.41) is 7.53. The van der Waals surface area contributed by atoms with Gasteiger partial charge in [-0.1, -0.05) is 18.2 Å². The summed E-state index contributed by atoms with van der Waals surface area (Å²) in [6.45, 7) is 0.430. The van der Waals surface area contributed by atoms with Crippen LogP contribution in [0.15, 0.2) is 66.0 Å². The Balaban J connectivity index is 1.55. The van der Waals surface area contributed by atoms with Crippen LogP contribution in [0.25, 0.3) is 0 Å². The zero-order valence-electron chi connectivity index (χ0n) is 14.2. The highest BCUT2D eigenvalue weighted by molar-refractivity contribution is 7.12. The number of hydrogen-bond donors (Lipinski definition) is 2. The number of ether oxygens (including phenoxy) is 1. The third kappa shape index (κ3) is 4.49. The number of benzene rings is 2. The van der Waals surface area contributed by atoms with Gasteiger partial charge in [-0.25, -0.2) is 0 Å². The molecular formula is C20H18N2O3S. The van der Waals surface area contributed by atoms with Crippen LogP contribution in [0.3, 0.4) is 0 Å². The molecule has 0 aliphatic heterocycles. The maximum Gasteiger partial charge on any atom is 0.265 e. The topological polar surface area (TPSA) is 67.4 Å². The quantitative estimate of drug-likeness (QED) is 0.694. The van der Waals surface area contributed by atoms with Crippen LogP contribution < -0.4 is 15.4 Å². The van der Waals surface area contributed by atoms with Crippen LogP contribution in [-0.2, 0) is 6.54 Å². The molecule has 0 aliphatic carbocycles. The molecule has 0 fully saturated rings. The zero-order valence-corrected chi connectivity index (χ0v) is 15.0. The largest absolute Gasteiger partial charge is 0.497 e. The number of nitrogens with one attached hydrogen (secondary N) is 2. The maximum absolute atomic E-state index is 12.2. The van der Waals surface area contributed by atoms with E-state index in [0.29, 0.717) is 22.7 Å². The first-order valence-corrected chi connectivity index (χ1v) is 8.90. The van der Waals surface area contributed by atoms with Crippen molar-refractivity contribution in [1.29, 1.82) is 0 Å². The summed E-state index contributed by atoms with van der Waals surface area (Å²) < 4.78 is 5.11. The van der Waals surface area contributed by atoms with Crippen molar-refractivity contribution < 1.29 is 14.3 Å². The first kappa shape index (κ1) is 17.7. The summed E-state index contributed by atoms with van der Waals surface area (Å²) in [5.41, 5.74) is 2.17. The van der Waals surface area contributed by atoms with Gasteiger partial charge in [-0.05, 0) is 53.4 Å². The minimum atomic E-state index is -0.169. The van der Waals surface area contributed by atoms with E-state index < -0.39 is 0 Å². The number of carbonyl (C=O) groups excluding carboxylic acids is 2. The lowest BCUT2D eigenvalue weighted by atomic mass is 10.1. The fourth-order valence-corrected chi connectivity index (χ4v) is 2.95. The van der Waals surface area contributed by atoms with Crippen molar-refractivity contribution >= 4 is 28.8 Å². The van der Waals surface area contributed by atoms with Crippen molar-refractivity contribution in [1.82, 2.24) is 5.32 Å². The van der Waals surface area contributed by atoms with Gasteiger partial charge in [0.25, 0.3) is 11.8 Å². The number of amides is 2. The molecule has 26 heavy (non-hydrogen) atoms.